The van der Waals surface area contributed by atoms with Crippen LogP contribution in [0.2, 0.25) is 0 Å². The van der Waals surface area contributed by atoms with Crippen molar-refractivity contribution in [1.29, 1.82) is 0 Å². The Morgan fingerprint density at radius 2 is 1.92 bits per heavy atom. The van der Waals surface area contributed by atoms with Gasteiger partial charge in [-0.15, -0.1) is 0 Å². The molecule has 2 aliphatic rings. The molecular weight excluding hydrogens is 172 g/mol. The fourth-order valence-electron chi connectivity index (χ4n) is 2.46. The van der Waals surface area contributed by atoms with E-state index < -0.39 is 6.43 Å². The van der Waals surface area contributed by atoms with Crippen molar-refractivity contribution in [3.05, 3.63) is 0 Å². The first kappa shape index (κ1) is 9.38. The molecule has 0 N–H and O–H groups in total. The molecule has 3 heteroatoms. The number of rotatable bonds is 2. The monoisotopic (exact) mass is 189 g/mol. The Kier molecular flexibility index (Phi) is 2.10. The van der Waals surface area contributed by atoms with Crippen LogP contribution in [-0.2, 0) is 0 Å². The molecule has 1 aliphatic heterocycles. The van der Waals surface area contributed by atoms with Crippen molar-refractivity contribution < 1.29 is 8.78 Å². The second-order valence-corrected chi connectivity index (χ2v) is 4.83. The Hall–Kier alpha value is -0.180. The number of alkyl halides is 2. The summed E-state index contributed by atoms with van der Waals surface area (Å²) in [6, 6.07) is 0.418. The summed E-state index contributed by atoms with van der Waals surface area (Å²) in [5.74, 6) is -0.352. The largest absolute Gasteiger partial charge is 0.300 e. The number of hydrogen-bond donors (Lipinski definition) is 0. The molecule has 1 unspecified atom stereocenters. The van der Waals surface area contributed by atoms with Crippen molar-refractivity contribution in [2.24, 2.45) is 11.3 Å². The highest BCUT2D eigenvalue weighted by Crippen LogP contribution is 2.58. The van der Waals surface area contributed by atoms with E-state index in [0.29, 0.717) is 12.6 Å². The maximum atomic E-state index is 12.7. The van der Waals surface area contributed by atoms with Gasteiger partial charge in [0, 0.05) is 25.0 Å². The zero-order valence-corrected chi connectivity index (χ0v) is 8.26. The molecule has 0 bridgehead atoms. The summed E-state index contributed by atoms with van der Waals surface area (Å²) < 4.78 is 25.4. The van der Waals surface area contributed by atoms with E-state index >= 15 is 0 Å². The van der Waals surface area contributed by atoms with Crippen molar-refractivity contribution in [1.82, 2.24) is 4.90 Å². The first-order valence-corrected chi connectivity index (χ1v) is 5.07. The van der Waals surface area contributed by atoms with E-state index in [2.05, 4.69) is 18.7 Å². The highest BCUT2D eigenvalue weighted by Gasteiger charge is 2.58. The molecule has 1 aliphatic carbocycles. The van der Waals surface area contributed by atoms with Crippen LogP contribution in [0.1, 0.15) is 26.7 Å². The summed E-state index contributed by atoms with van der Waals surface area (Å²) >= 11 is 0. The van der Waals surface area contributed by atoms with Crippen molar-refractivity contribution in [3.8, 4) is 0 Å². The lowest BCUT2D eigenvalue weighted by Gasteiger charge is -2.19. The van der Waals surface area contributed by atoms with Gasteiger partial charge in [-0.2, -0.15) is 0 Å². The minimum atomic E-state index is -2.12. The molecule has 1 spiro atoms. The number of likely N-dealkylation sites (tertiary alicyclic amines) is 1. The lowest BCUT2D eigenvalue weighted by atomic mass is 9.93. The van der Waals surface area contributed by atoms with E-state index in [0.717, 1.165) is 19.4 Å². The molecule has 2 fully saturated rings. The van der Waals surface area contributed by atoms with Gasteiger partial charge in [0.25, 0.3) is 0 Å². The quantitative estimate of drug-likeness (QED) is 0.644. The summed E-state index contributed by atoms with van der Waals surface area (Å²) in [6.45, 7) is 5.68. The molecule has 1 saturated carbocycles. The normalized spacial score (nSPS) is 32.3. The summed E-state index contributed by atoms with van der Waals surface area (Å²) in [6.07, 6.45) is -0.0811. The molecule has 2 rings (SSSR count). The Morgan fingerprint density at radius 3 is 2.23 bits per heavy atom. The van der Waals surface area contributed by atoms with Crippen LogP contribution < -0.4 is 0 Å². The Morgan fingerprint density at radius 1 is 1.31 bits per heavy atom. The first-order valence-electron chi connectivity index (χ1n) is 5.07. The highest BCUT2D eigenvalue weighted by atomic mass is 19.3. The second kappa shape index (κ2) is 2.91. The second-order valence-electron chi connectivity index (χ2n) is 4.83. The van der Waals surface area contributed by atoms with Crippen LogP contribution in [0.3, 0.4) is 0 Å². The van der Waals surface area contributed by atoms with Crippen LogP contribution in [0.4, 0.5) is 8.78 Å². The summed E-state index contributed by atoms with van der Waals surface area (Å²) in [5, 5.41) is 0. The van der Waals surface area contributed by atoms with Crippen molar-refractivity contribution in [2.45, 2.75) is 39.2 Å². The van der Waals surface area contributed by atoms with E-state index in [9.17, 15) is 8.78 Å². The van der Waals surface area contributed by atoms with E-state index in [1.807, 2.05) is 0 Å². The van der Waals surface area contributed by atoms with Gasteiger partial charge in [0.1, 0.15) is 0 Å². The summed E-state index contributed by atoms with van der Waals surface area (Å²) in [4.78, 5) is 2.20. The molecule has 0 aromatic heterocycles. The lowest BCUT2D eigenvalue weighted by molar-refractivity contribution is 0.0546. The van der Waals surface area contributed by atoms with Crippen molar-refractivity contribution >= 4 is 0 Å². The molecule has 1 heterocycles. The predicted octanol–water partition coefficient (Wildman–Crippen LogP) is 2.37. The smallest absolute Gasteiger partial charge is 0.243 e. The maximum Gasteiger partial charge on any atom is 0.243 e. The number of nitrogens with zero attached hydrogens (tertiary/aromatic N) is 1. The minimum absolute atomic E-state index is 0.0123. The van der Waals surface area contributed by atoms with Gasteiger partial charge in [-0.05, 0) is 32.1 Å². The average molecular weight is 189 g/mol. The summed E-state index contributed by atoms with van der Waals surface area (Å²) in [5.41, 5.74) is 0.0123. The van der Waals surface area contributed by atoms with Gasteiger partial charge < -0.3 is 0 Å². The molecule has 1 nitrogen and oxygen atoms in total. The molecule has 1 saturated heterocycles. The third kappa shape index (κ3) is 1.47. The number of hydrogen-bond acceptors (Lipinski definition) is 1. The van der Waals surface area contributed by atoms with Crippen LogP contribution in [0, 0.1) is 11.3 Å². The third-order valence-electron chi connectivity index (χ3n) is 3.66. The topological polar surface area (TPSA) is 3.24 Å². The molecule has 0 aromatic rings. The van der Waals surface area contributed by atoms with Crippen LogP contribution in [0.25, 0.3) is 0 Å². The lowest BCUT2D eigenvalue weighted by Crippen LogP contribution is -2.29. The fraction of sp³-hybridized carbons (Fsp3) is 1.00. The Bertz CT molecular complexity index is 199. The zero-order valence-electron chi connectivity index (χ0n) is 8.26. The molecule has 13 heavy (non-hydrogen) atoms. The molecule has 0 aromatic carbocycles. The van der Waals surface area contributed by atoms with Crippen LogP contribution in [0.5, 0.6) is 0 Å². The summed E-state index contributed by atoms with van der Waals surface area (Å²) in [7, 11) is 0. The highest BCUT2D eigenvalue weighted by molar-refractivity contribution is 5.07. The SMILES string of the molecule is CC(C)N1CC(C(F)F)C2(CC2)C1. The van der Waals surface area contributed by atoms with Crippen molar-refractivity contribution in [3.63, 3.8) is 0 Å². The van der Waals surface area contributed by atoms with Gasteiger partial charge in [-0.25, -0.2) is 8.78 Å². The van der Waals surface area contributed by atoms with Gasteiger partial charge in [0.15, 0.2) is 0 Å². The molecule has 0 amide bonds. The Balaban J connectivity index is 2.05. The molecule has 1 atom stereocenters. The third-order valence-corrected chi connectivity index (χ3v) is 3.66. The van der Waals surface area contributed by atoms with Gasteiger partial charge in [-0.1, -0.05) is 0 Å². The predicted molar refractivity (Wildman–Crippen MR) is 47.9 cm³/mol. The van der Waals surface area contributed by atoms with Crippen LogP contribution in [-0.4, -0.2) is 30.5 Å². The molecule has 76 valence electrons. The van der Waals surface area contributed by atoms with E-state index in [1.54, 1.807) is 0 Å². The average Bonchev–Trinajstić information content (AvgIpc) is 2.61. The van der Waals surface area contributed by atoms with Gasteiger partial charge >= 0.3 is 0 Å². The van der Waals surface area contributed by atoms with E-state index in [1.165, 1.54) is 0 Å². The maximum absolute atomic E-state index is 12.7. The zero-order chi connectivity index (χ0) is 9.64. The van der Waals surface area contributed by atoms with Crippen LogP contribution >= 0.6 is 0 Å². The standard InChI is InChI=1S/C10H17F2N/c1-7(2)13-5-8(9(11)12)10(6-13)3-4-10/h7-9H,3-6H2,1-2H3. The minimum Gasteiger partial charge on any atom is -0.300 e. The van der Waals surface area contributed by atoms with Gasteiger partial charge in [0.05, 0.1) is 0 Å². The number of halogens is 2. The molecule has 0 radical (unpaired) electrons. The molecular formula is C10H17F2N. The van der Waals surface area contributed by atoms with Crippen LogP contribution in [0.15, 0.2) is 0 Å². The van der Waals surface area contributed by atoms with Gasteiger partial charge in [0.2, 0.25) is 6.43 Å². The Labute approximate surface area is 78.1 Å². The first-order chi connectivity index (χ1) is 6.05. The van der Waals surface area contributed by atoms with E-state index in [-0.39, 0.29) is 11.3 Å². The van der Waals surface area contributed by atoms with Crippen molar-refractivity contribution in [2.75, 3.05) is 13.1 Å². The van der Waals surface area contributed by atoms with Gasteiger partial charge in [-0.3, -0.25) is 4.90 Å². The fourth-order valence-corrected chi connectivity index (χ4v) is 2.46. The van der Waals surface area contributed by atoms with E-state index in [4.69, 9.17) is 0 Å².